The van der Waals surface area contributed by atoms with E-state index in [1.165, 1.54) is 12.8 Å². The van der Waals surface area contributed by atoms with E-state index in [0.29, 0.717) is 17.4 Å². The first-order valence-electron chi connectivity index (χ1n) is 12.3. The van der Waals surface area contributed by atoms with Crippen LogP contribution in [0.25, 0.3) is 0 Å². The van der Waals surface area contributed by atoms with E-state index in [1.54, 1.807) is 0 Å². The van der Waals surface area contributed by atoms with Gasteiger partial charge in [0.2, 0.25) is 11.8 Å². The minimum absolute atomic E-state index is 0. The molecule has 6 nitrogen and oxygen atoms in total. The summed E-state index contributed by atoms with van der Waals surface area (Å²) in [4.78, 5) is 29.9. The first-order chi connectivity index (χ1) is 15.4. The number of anilines is 1. The van der Waals surface area contributed by atoms with Crippen molar-refractivity contribution in [2.75, 3.05) is 31.5 Å². The van der Waals surface area contributed by atoms with E-state index in [-0.39, 0.29) is 48.7 Å². The van der Waals surface area contributed by atoms with Gasteiger partial charge < -0.3 is 15.5 Å². The van der Waals surface area contributed by atoms with Gasteiger partial charge in [0.1, 0.15) is 0 Å². The summed E-state index contributed by atoms with van der Waals surface area (Å²) >= 11 is 6.42. The number of carbonyl (C=O) groups excluding carboxylic acids is 2. The van der Waals surface area contributed by atoms with Gasteiger partial charge >= 0.3 is 0 Å². The lowest BCUT2D eigenvalue weighted by molar-refractivity contribution is -0.140. The lowest BCUT2D eigenvalue weighted by Crippen LogP contribution is -2.54. The molecular weight excluding hydrogens is 495 g/mol. The number of carbonyl (C=O) groups is 2. The molecule has 1 saturated carbocycles. The number of hydrogen-bond donors (Lipinski definition) is 2. The van der Waals surface area contributed by atoms with Crippen LogP contribution in [0.5, 0.6) is 0 Å². The summed E-state index contributed by atoms with van der Waals surface area (Å²) in [5.41, 5.74) is 3.01. The van der Waals surface area contributed by atoms with Crippen LogP contribution in [0.4, 0.5) is 5.69 Å². The van der Waals surface area contributed by atoms with Crippen LogP contribution in [-0.4, -0.2) is 59.9 Å². The Morgan fingerprint density at radius 3 is 2.50 bits per heavy atom. The Hall–Kier alpha value is -1.05. The molecule has 4 rings (SSSR count). The van der Waals surface area contributed by atoms with Gasteiger partial charge in [-0.25, -0.2) is 0 Å². The quantitative estimate of drug-likeness (QED) is 0.552. The number of nitrogens with one attached hydrogen (secondary N) is 2. The van der Waals surface area contributed by atoms with Gasteiger partial charge in [0.15, 0.2) is 0 Å². The second-order valence-corrected chi connectivity index (χ2v) is 10.3. The van der Waals surface area contributed by atoms with E-state index in [2.05, 4.69) is 34.3 Å². The Bertz CT molecular complexity index is 842. The molecule has 3 aliphatic rings. The topological polar surface area (TPSA) is 64.7 Å². The van der Waals surface area contributed by atoms with Crippen molar-refractivity contribution in [3.63, 3.8) is 0 Å². The molecule has 0 bridgehead atoms. The SMILES string of the molecule is Cc1c(CN2CCN(C(=O)C3CCCC3)C(C)C2)cc(Cl)cc1NC(=O)CC1CCCN1.Cl.Cl. The predicted molar refractivity (Wildman–Crippen MR) is 143 cm³/mol. The van der Waals surface area contributed by atoms with E-state index < -0.39 is 0 Å². The highest BCUT2D eigenvalue weighted by atomic mass is 35.5. The molecule has 0 spiro atoms. The average molecular weight is 534 g/mol. The fourth-order valence-corrected chi connectivity index (χ4v) is 5.78. The summed E-state index contributed by atoms with van der Waals surface area (Å²) in [6.45, 7) is 8.49. The Labute approximate surface area is 221 Å². The number of piperazine rings is 1. The number of benzene rings is 1. The third-order valence-corrected chi connectivity index (χ3v) is 7.66. The van der Waals surface area contributed by atoms with Crippen LogP contribution < -0.4 is 10.6 Å². The third kappa shape index (κ3) is 7.23. The van der Waals surface area contributed by atoms with Crippen molar-refractivity contribution in [3.8, 4) is 0 Å². The molecule has 2 amide bonds. The third-order valence-electron chi connectivity index (χ3n) is 7.44. The van der Waals surface area contributed by atoms with Crippen LogP contribution in [0.15, 0.2) is 12.1 Å². The van der Waals surface area contributed by atoms with E-state index in [9.17, 15) is 9.59 Å². The van der Waals surface area contributed by atoms with Crippen molar-refractivity contribution in [1.29, 1.82) is 0 Å². The largest absolute Gasteiger partial charge is 0.337 e. The lowest BCUT2D eigenvalue weighted by atomic mass is 10.0. The number of rotatable bonds is 6. The molecule has 1 aromatic rings. The molecule has 2 N–H and O–H groups in total. The number of nitrogens with zero attached hydrogens (tertiary/aromatic N) is 2. The minimum Gasteiger partial charge on any atom is -0.337 e. The maximum atomic E-state index is 12.9. The second kappa shape index (κ2) is 13.3. The summed E-state index contributed by atoms with van der Waals surface area (Å²) in [5.74, 6) is 0.633. The molecule has 0 aromatic heterocycles. The molecule has 192 valence electrons. The Kier molecular flexibility index (Phi) is 11.4. The van der Waals surface area contributed by atoms with Crippen LogP contribution in [0.3, 0.4) is 0 Å². The van der Waals surface area contributed by atoms with E-state index >= 15 is 0 Å². The normalized spacial score (nSPS) is 23.3. The van der Waals surface area contributed by atoms with Gasteiger partial charge in [0.05, 0.1) is 0 Å². The summed E-state index contributed by atoms with van der Waals surface area (Å²) in [6.07, 6.45) is 7.17. The van der Waals surface area contributed by atoms with E-state index in [0.717, 1.165) is 75.2 Å². The molecule has 9 heteroatoms. The van der Waals surface area contributed by atoms with Gasteiger partial charge in [0, 0.05) is 61.3 Å². The highest BCUT2D eigenvalue weighted by Crippen LogP contribution is 2.30. The van der Waals surface area contributed by atoms with Crippen molar-refractivity contribution < 1.29 is 9.59 Å². The number of halogens is 3. The zero-order valence-corrected chi connectivity index (χ0v) is 22.7. The van der Waals surface area contributed by atoms with Crippen molar-refractivity contribution in [2.24, 2.45) is 5.92 Å². The summed E-state index contributed by atoms with van der Waals surface area (Å²) < 4.78 is 0. The highest BCUT2D eigenvalue weighted by molar-refractivity contribution is 6.31. The lowest BCUT2D eigenvalue weighted by Gasteiger charge is -2.41. The number of amides is 2. The average Bonchev–Trinajstić information content (AvgIpc) is 3.45. The standard InChI is InChI=1S/C25H37ClN4O2.2ClH/c1-17-15-29(10-11-30(17)25(32)19-6-3-4-7-19)16-20-12-21(26)13-23(18(20)2)28-24(31)14-22-8-5-9-27-22;;/h12-13,17,19,22,27H,3-11,14-16H2,1-2H3,(H,28,31);2*1H. The number of hydrogen-bond acceptors (Lipinski definition) is 4. The van der Waals surface area contributed by atoms with Crippen LogP contribution in [0, 0.1) is 12.8 Å². The second-order valence-electron chi connectivity index (χ2n) is 9.88. The Morgan fingerprint density at radius 1 is 1.12 bits per heavy atom. The molecule has 2 unspecified atom stereocenters. The summed E-state index contributed by atoms with van der Waals surface area (Å²) in [6, 6.07) is 4.35. The summed E-state index contributed by atoms with van der Waals surface area (Å²) in [5, 5.41) is 7.10. The van der Waals surface area contributed by atoms with Crippen molar-refractivity contribution >= 4 is 53.9 Å². The van der Waals surface area contributed by atoms with Crippen molar-refractivity contribution in [1.82, 2.24) is 15.1 Å². The highest BCUT2D eigenvalue weighted by Gasteiger charge is 2.33. The van der Waals surface area contributed by atoms with Gasteiger partial charge in [-0.3, -0.25) is 14.5 Å². The maximum Gasteiger partial charge on any atom is 0.226 e. The molecule has 0 radical (unpaired) electrons. The van der Waals surface area contributed by atoms with Gasteiger partial charge in [-0.1, -0.05) is 24.4 Å². The van der Waals surface area contributed by atoms with Crippen molar-refractivity contribution in [2.45, 2.75) is 77.4 Å². The maximum absolute atomic E-state index is 12.9. The van der Waals surface area contributed by atoms with Crippen LogP contribution in [-0.2, 0) is 16.1 Å². The first-order valence-corrected chi connectivity index (χ1v) is 12.6. The molecule has 2 heterocycles. The monoisotopic (exact) mass is 532 g/mol. The Morgan fingerprint density at radius 2 is 1.85 bits per heavy atom. The molecule has 3 fully saturated rings. The van der Waals surface area contributed by atoms with Crippen LogP contribution in [0.1, 0.15) is 63.0 Å². The fourth-order valence-electron chi connectivity index (χ4n) is 5.54. The summed E-state index contributed by atoms with van der Waals surface area (Å²) in [7, 11) is 0. The van der Waals surface area contributed by atoms with Crippen molar-refractivity contribution in [3.05, 3.63) is 28.3 Å². The van der Waals surface area contributed by atoms with Gasteiger partial charge in [-0.05, 0) is 69.3 Å². The molecule has 2 saturated heterocycles. The molecule has 1 aromatic carbocycles. The zero-order chi connectivity index (χ0) is 22.7. The van der Waals surface area contributed by atoms with Gasteiger partial charge in [-0.15, -0.1) is 24.8 Å². The Balaban J connectivity index is 0.00000204. The van der Waals surface area contributed by atoms with Crippen LogP contribution >= 0.6 is 36.4 Å². The van der Waals surface area contributed by atoms with E-state index in [1.807, 2.05) is 12.1 Å². The molecular formula is C25H39Cl3N4O2. The van der Waals surface area contributed by atoms with Gasteiger partial charge in [0.25, 0.3) is 0 Å². The first kappa shape index (κ1) is 29.2. The van der Waals surface area contributed by atoms with Crippen LogP contribution in [0.2, 0.25) is 5.02 Å². The fraction of sp³-hybridized carbons (Fsp3) is 0.680. The molecule has 1 aliphatic carbocycles. The van der Waals surface area contributed by atoms with Gasteiger partial charge in [-0.2, -0.15) is 0 Å². The minimum atomic E-state index is 0. The molecule has 2 aliphatic heterocycles. The molecule has 2 atom stereocenters. The smallest absolute Gasteiger partial charge is 0.226 e. The molecule has 34 heavy (non-hydrogen) atoms. The zero-order valence-electron chi connectivity index (χ0n) is 20.3. The predicted octanol–water partition coefficient (Wildman–Crippen LogP) is 4.80. The van der Waals surface area contributed by atoms with E-state index in [4.69, 9.17) is 11.6 Å².